The van der Waals surface area contributed by atoms with E-state index >= 15 is 0 Å². The van der Waals surface area contributed by atoms with Crippen LogP contribution in [0.25, 0.3) is 11.2 Å². The Morgan fingerprint density at radius 2 is 1.89 bits per heavy atom. The first-order valence-corrected chi connectivity index (χ1v) is 14.5. The fourth-order valence-corrected chi connectivity index (χ4v) is 6.39. The van der Waals surface area contributed by atoms with Crippen molar-refractivity contribution in [2.24, 2.45) is 0 Å². The van der Waals surface area contributed by atoms with Gasteiger partial charge in [-0.3, -0.25) is 13.6 Å². The molecule has 4 rings (SSSR count). The highest BCUT2D eigenvalue weighted by atomic mass is 80.0. The molecular formula is C18H26Br3N6O7P. The topological polar surface area (TPSA) is 145 Å². The van der Waals surface area contributed by atoms with Gasteiger partial charge in [-0.1, -0.05) is 47.8 Å². The second-order valence-electron chi connectivity index (χ2n) is 8.18. The minimum atomic E-state index is -3.78. The van der Waals surface area contributed by atoms with E-state index in [1.807, 2.05) is 14.1 Å². The van der Waals surface area contributed by atoms with Crippen LogP contribution in [0.4, 0.5) is 5.82 Å². The average molecular weight is 709 g/mol. The minimum absolute atomic E-state index is 0.0318. The highest BCUT2D eigenvalue weighted by Gasteiger charge is 2.46. The SMILES string of the molecule is CN(C)c1ncnc2c1ncn2C1OC(COP(=O)(OCC(Br)(Br)Br)N2CCOCC2)C(O)C1O. The maximum absolute atomic E-state index is 13.7. The molecule has 2 aromatic heterocycles. The molecule has 5 unspecified atom stereocenters. The molecule has 0 spiro atoms. The van der Waals surface area contributed by atoms with Crippen molar-refractivity contribution in [2.45, 2.75) is 26.7 Å². The lowest BCUT2D eigenvalue weighted by Gasteiger charge is -2.34. The molecule has 5 atom stereocenters. The van der Waals surface area contributed by atoms with Crippen molar-refractivity contribution in [3.05, 3.63) is 12.7 Å². The van der Waals surface area contributed by atoms with Crippen LogP contribution in [0.3, 0.4) is 0 Å². The van der Waals surface area contributed by atoms with E-state index in [-0.39, 0.29) is 13.2 Å². The number of alkyl halides is 3. The number of hydrogen-bond acceptors (Lipinski definition) is 11. The summed E-state index contributed by atoms with van der Waals surface area (Å²) >= 11 is 9.97. The molecule has 2 fully saturated rings. The van der Waals surface area contributed by atoms with Gasteiger partial charge < -0.3 is 24.6 Å². The Morgan fingerprint density at radius 1 is 1.17 bits per heavy atom. The number of nitrogens with zero attached hydrogens (tertiary/aromatic N) is 6. The lowest BCUT2D eigenvalue weighted by atomic mass is 10.1. The first kappa shape index (κ1) is 27.8. The lowest BCUT2D eigenvalue weighted by molar-refractivity contribution is -0.0517. The largest absolute Gasteiger partial charge is 0.408 e. The summed E-state index contributed by atoms with van der Waals surface area (Å²) in [5.74, 6) is 0.603. The Labute approximate surface area is 227 Å². The van der Waals surface area contributed by atoms with E-state index in [1.54, 1.807) is 9.57 Å². The molecule has 2 aromatic rings. The molecule has 4 heterocycles. The summed E-state index contributed by atoms with van der Waals surface area (Å²) in [5, 5.41) is 21.4. The third-order valence-corrected chi connectivity index (χ3v) is 8.21. The molecule has 17 heteroatoms. The molecular weight excluding hydrogens is 683 g/mol. The quantitative estimate of drug-likeness (QED) is 0.305. The zero-order valence-electron chi connectivity index (χ0n) is 18.9. The van der Waals surface area contributed by atoms with Gasteiger partial charge in [0.05, 0.1) is 32.8 Å². The van der Waals surface area contributed by atoms with Crippen LogP contribution in [0.1, 0.15) is 6.23 Å². The van der Waals surface area contributed by atoms with Gasteiger partial charge in [0, 0.05) is 27.2 Å². The molecule has 0 aromatic carbocycles. The maximum Gasteiger partial charge on any atom is 0.408 e. The molecule has 0 aliphatic carbocycles. The normalized spacial score (nSPS) is 27.9. The van der Waals surface area contributed by atoms with Crippen LogP contribution in [-0.4, -0.2) is 108 Å². The number of ether oxygens (including phenoxy) is 2. The van der Waals surface area contributed by atoms with Crippen molar-refractivity contribution in [1.29, 1.82) is 0 Å². The molecule has 0 saturated carbocycles. The van der Waals surface area contributed by atoms with Crippen LogP contribution >= 0.6 is 55.5 Å². The number of anilines is 1. The first-order chi connectivity index (χ1) is 16.5. The number of fused-ring (bicyclic) bond motifs is 1. The van der Waals surface area contributed by atoms with Crippen molar-refractivity contribution in [1.82, 2.24) is 24.2 Å². The van der Waals surface area contributed by atoms with Gasteiger partial charge in [-0.2, -0.15) is 0 Å². The summed E-state index contributed by atoms with van der Waals surface area (Å²) in [6.45, 7) is 1.15. The third kappa shape index (κ3) is 6.25. The van der Waals surface area contributed by atoms with Crippen molar-refractivity contribution in [3.63, 3.8) is 0 Å². The molecule has 2 aliphatic heterocycles. The van der Waals surface area contributed by atoms with E-state index < -0.39 is 34.4 Å². The van der Waals surface area contributed by atoms with Gasteiger partial charge in [0.15, 0.2) is 25.4 Å². The zero-order chi connectivity index (χ0) is 25.4. The van der Waals surface area contributed by atoms with E-state index in [0.29, 0.717) is 43.3 Å². The zero-order valence-corrected chi connectivity index (χ0v) is 24.6. The fraction of sp³-hybridized carbons (Fsp3) is 0.722. The Balaban J connectivity index is 1.50. The predicted octanol–water partition coefficient (Wildman–Crippen LogP) is 1.82. The van der Waals surface area contributed by atoms with Gasteiger partial charge in [-0.05, 0) is 0 Å². The fourth-order valence-electron chi connectivity index (χ4n) is 3.77. The molecule has 35 heavy (non-hydrogen) atoms. The Morgan fingerprint density at radius 3 is 2.54 bits per heavy atom. The van der Waals surface area contributed by atoms with Gasteiger partial charge in [0.25, 0.3) is 0 Å². The lowest BCUT2D eigenvalue weighted by Crippen LogP contribution is -2.37. The smallest absolute Gasteiger partial charge is 0.387 e. The number of imidazole rings is 1. The number of rotatable bonds is 8. The highest BCUT2D eigenvalue weighted by molar-refractivity contribution is 9.39. The Bertz CT molecular complexity index is 1070. The average Bonchev–Trinajstić information content (AvgIpc) is 3.37. The van der Waals surface area contributed by atoms with Gasteiger partial charge in [0.1, 0.15) is 24.6 Å². The second kappa shape index (κ2) is 11.2. The van der Waals surface area contributed by atoms with Gasteiger partial charge >= 0.3 is 7.75 Å². The first-order valence-electron chi connectivity index (χ1n) is 10.7. The van der Waals surface area contributed by atoms with Gasteiger partial charge in [-0.15, -0.1) is 0 Å². The molecule has 2 aliphatic rings. The van der Waals surface area contributed by atoms with E-state index in [1.165, 1.54) is 17.2 Å². The number of hydrogen-bond donors (Lipinski definition) is 2. The van der Waals surface area contributed by atoms with E-state index in [9.17, 15) is 14.8 Å². The predicted molar refractivity (Wildman–Crippen MR) is 137 cm³/mol. The molecule has 13 nitrogen and oxygen atoms in total. The Kier molecular flexibility index (Phi) is 8.91. The van der Waals surface area contributed by atoms with Crippen molar-refractivity contribution < 1.29 is 33.3 Å². The van der Waals surface area contributed by atoms with Crippen LogP contribution < -0.4 is 4.90 Å². The number of halogens is 3. The molecule has 0 radical (unpaired) electrons. The number of aliphatic hydroxyl groups excluding tert-OH is 2. The van der Waals surface area contributed by atoms with E-state index in [0.717, 1.165) is 0 Å². The van der Waals surface area contributed by atoms with Crippen LogP contribution in [0.5, 0.6) is 0 Å². The summed E-state index contributed by atoms with van der Waals surface area (Å²) < 4.78 is 38.7. The summed E-state index contributed by atoms with van der Waals surface area (Å²) in [5.41, 5.74) is 0.961. The van der Waals surface area contributed by atoms with E-state index in [4.69, 9.17) is 18.5 Å². The second-order valence-corrected chi connectivity index (χ2v) is 17.5. The summed E-state index contributed by atoms with van der Waals surface area (Å²) in [6.07, 6.45) is -1.72. The van der Waals surface area contributed by atoms with Crippen molar-refractivity contribution >= 4 is 72.5 Å². The van der Waals surface area contributed by atoms with Crippen LogP contribution in [0.15, 0.2) is 12.7 Å². The molecule has 196 valence electrons. The van der Waals surface area contributed by atoms with Crippen molar-refractivity contribution in [3.8, 4) is 0 Å². The van der Waals surface area contributed by atoms with Crippen molar-refractivity contribution in [2.75, 3.05) is 58.5 Å². The summed E-state index contributed by atoms with van der Waals surface area (Å²) in [7, 11) is -0.118. The third-order valence-electron chi connectivity index (χ3n) is 5.50. The van der Waals surface area contributed by atoms with Crippen LogP contribution in [-0.2, 0) is 23.1 Å². The maximum atomic E-state index is 13.7. The molecule has 0 amide bonds. The number of morpholine rings is 1. The number of aromatic nitrogens is 4. The monoisotopic (exact) mass is 706 g/mol. The minimum Gasteiger partial charge on any atom is -0.387 e. The molecule has 2 saturated heterocycles. The number of aliphatic hydroxyl groups is 2. The molecule has 0 bridgehead atoms. The summed E-state index contributed by atoms with van der Waals surface area (Å²) in [6, 6.07) is 0. The molecule has 2 N–H and O–H groups in total. The van der Waals surface area contributed by atoms with Gasteiger partial charge in [-0.25, -0.2) is 24.2 Å². The van der Waals surface area contributed by atoms with Gasteiger partial charge in [0.2, 0.25) is 0 Å². The Hall–Kier alpha value is -0.260. The van der Waals surface area contributed by atoms with Crippen LogP contribution in [0.2, 0.25) is 0 Å². The van der Waals surface area contributed by atoms with Crippen LogP contribution in [0, 0.1) is 0 Å². The van der Waals surface area contributed by atoms with E-state index in [2.05, 4.69) is 62.7 Å². The standard InChI is InChI=1S/C18H26Br3N6O7P/c1-25(2)15-12-16(23-9-22-15)27(10-24-12)17-14(29)13(28)11(34-17)7-32-35(30,33-8-18(19,20)21)26-3-5-31-6-4-26/h9-11,13-14,17,28-29H,3-8H2,1-2H3. The summed E-state index contributed by atoms with van der Waals surface area (Å²) in [4.78, 5) is 14.7. The highest BCUT2D eigenvalue weighted by Crippen LogP contribution is 2.54.